The highest BCUT2D eigenvalue weighted by atomic mass is 16.6. The summed E-state index contributed by atoms with van der Waals surface area (Å²) in [7, 11) is 0. The van der Waals surface area contributed by atoms with Crippen LogP contribution in [-0.4, -0.2) is 182 Å². The first-order valence-electron chi connectivity index (χ1n) is 19.1. The van der Waals surface area contributed by atoms with Crippen LogP contribution in [0.1, 0.15) is 25.7 Å². The first kappa shape index (κ1) is 55.8. The minimum absolute atomic E-state index is 0.00466. The summed E-state index contributed by atoms with van der Waals surface area (Å²) in [4.78, 5) is 58.1. The quantitative estimate of drug-likeness (QED) is 0.0212. The number of carbonyl (C=O) groups is 4. The van der Waals surface area contributed by atoms with Gasteiger partial charge in [0, 0.05) is 45.8 Å². The van der Waals surface area contributed by atoms with E-state index in [1.54, 1.807) is 0 Å². The molecule has 28 nitrogen and oxygen atoms in total. The number of ether oxygens (including phenoxy) is 12. The van der Waals surface area contributed by atoms with Gasteiger partial charge in [0.1, 0.15) is 26.4 Å². The molecule has 0 atom stereocenters. The molecule has 0 amide bonds. The molecule has 0 aliphatic carbocycles. The first-order valence-corrected chi connectivity index (χ1v) is 19.1. The Balaban J connectivity index is 5.31. The van der Waals surface area contributed by atoms with E-state index in [2.05, 4.69) is 40.1 Å². The molecule has 28 heteroatoms. The average molecular weight is 877 g/mol. The molecule has 0 unspecified atom stereocenters. The van der Waals surface area contributed by atoms with Crippen molar-refractivity contribution in [1.29, 1.82) is 0 Å². The van der Waals surface area contributed by atoms with Crippen molar-refractivity contribution in [3.8, 4) is 0 Å². The minimum atomic E-state index is -0.981. The molecule has 0 rings (SSSR count). The summed E-state index contributed by atoms with van der Waals surface area (Å²) in [5, 5.41) is 13.4. The average Bonchev–Trinajstić information content (AvgIpc) is 3.25. The molecule has 0 radical (unpaired) electrons. The molecule has 0 heterocycles. The van der Waals surface area contributed by atoms with Crippen molar-refractivity contribution in [3.63, 3.8) is 0 Å². The molecule has 344 valence electrons. The van der Waals surface area contributed by atoms with Crippen LogP contribution in [0.15, 0.2) is 20.5 Å². The molecule has 0 bridgehead atoms. The van der Waals surface area contributed by atoms with Crippen molar-refractivity contribution >= 4 is 23.9 Å². The molecule has 0 fully saturated rings. The zero-order chi connectivity index (χ0) is 44.8. The van der Waals surface area contributed by atoms with Crippen LogP contribution in [0.3, 0.4) is 0 Å². The number of rotatable bonds is 44. The van der Waals surface area contributed by atoms with Crippen molar-refractivity contribution in [2.24, 2.45) is 25.9 Å². The summed E-state index contributed by atoms with van der Waals surface area (Å²) in [6, 6.07) is 0. The second-order valence-electron chi connectivity index (χ2n) is 12.0. The van der Waals surface area contributed by atoms with Crippen LogP contribution in [-0.2, 0) is 76.0 Å². The Morgan fingerprint density at radius 1 is 0.344 bits per heavy atom. The topological polar surface area (TPSA) is 374 Å². The van der Waals surface area contributed by atoms with E-state index in [0.717, 1.165) is 0 Å². The lowest BCUT2D eigenvalue weighted by Crippen LogP contribution is -2.43. The number of esters is 4. The largest absolute Gasteiger partial charge is 0.464 e. The maximum atomic E-state index is 11.9. The second kappa shape index (κ2) is 42.9. The van der Waals surface area contributed by atoms with Gasteiger partial charge >= 0.3 is 23.9 Å². The molecular formula is C33H56N12O16. The molecule has 0 aromatic rings. The van der Waals surface area contributed by atoms with Gasteiger partial charge in [0.05, 0.1) is 111 Å². The second-order valence-corrected chi connectivity index (χ2v) is 12.0. The molecule has 0 saturated heterocycles. The Morgan fingerprint density at radius 2 is 0.557 bits per heavy atom. The van der Waals surface area contributed by atoms with Gasteiger partial charge in [0.25, 0.3) is 0 Å². The number of nitrogens with zero attached hydrogens (tertiary/aromatic N) is 12. The summed E-state index contributed by atoms with van der Waals surface area (Å²) in [5.74, 6) is -2.42. The molecule has 0 aliphatic rings. The minimum Gasteiger partial charge on any atom is -0.464 e. The number of azide groups is 4. The van der Waals surface area contributed by atoms with Crippen LogP contribution in [0.25, 0.3) is 41.8 Å². The predicted molar refractivity (Wildman–Crippen MR) is 207 cm³/mol. The van der Waals surface area contributed by atoms with Crippen LogP contribution >= 0.6 is 0 Å². The molecule has 0 aliphatic heterocycles. The van der Waals surface area contributed by atoms with Crippen molar-refractivity contribution in [3.05, 3.63) is 41.8 Å². The Labute approximate surface area is 351 Å². The standard InChI is InChI=1S/C33H56N12O16/c34-42-38-5-1-9-58-29(46)21-50-13-17-54-25-33(26-55-18-14-51-22-30(47)59-10-2-6-39-43-35,27-56-19-15-52-23-31(48)60-11-3-7-40-44-36)28-57-20-16-53-24-32(49)61-12-4-8-41-45-37/h1-28H2. The van der Waals surface area contributed by atoms with Crippen LogP contribution in [0.4, 0.5) is 0 Å². The third-order valence-electron chi connectivity index (χ3n) is 6.92. The Hall–Kier alpha value is -5.20. The third kappa shape index (κ3) is 38.7. The Bertz CT molecular complexity index is 1190. The smallest absolute Gasteiger partial charge is 0.332 e. The highest BCUT2D eigenvalue weighted by molar-refractivity contribution is 5.71. The lowest BCUT2D eigenvalue weighted by Gasteiger charge is -2.33. The molecule has 0 aromatic heterocycles. The van der Waals surface area contributed by atoms with Gasteiger partial charge in [0.2, 0.25) is 0 Å². The van der Waals surface area contributed by atoms with Crippen LogP contribution in [0.5, 0.6) is 0 Å². The number of carbonyl (C=O) groups excluding carboxylic acids is 4. The monoisotopic (exact) mass is 876 g/mol. The van der Waals surface area contributed by atoms with Gasteiger partial charge in [0.15, 0.2) is 0 Å². The fraction of sp³-hybridized carbons (Fsp3) is 0.879. The highest BCUT2D eigenvalue weighted by Gasteiger charge is 2.33. The van der Waals surface area contributed by atoms with Crippen molar-refractivity contribution in [2.75, 3.05) is 158 Å². The van der Waals surface area contributed by atoms with E-state index in [9.17, 15) is 19.2 Å². The van der Waals surface area contributed by atoms with E-state index in [-0.39, 0.29) is 158 Å². The van der Waals surface area contributed by atoms with Crippen molar-refractivity contribution in [1.82, 2.24) is 0 Å². The van der Waals surface area contributed by atoms with Gasteiger partial charge in [-0.2, -0.15) is 0 Å². The van der Waals surface area contributed by atoms with Gasteiger partial charge in [-0.1, -0.05) is 20.5 Å². The molecule has 0 N–H and O–H groups in total. The Kier molecular flexibility index (Phi) is 39.3. The zero-order valence-electron chi connectivity index (χ0n) is 34.2. The SMILES string of the molecule is [N-]=[N+]=NCCCOC(=O)COCCOCC(COCCOCC(=O)OCCCN=[N+]=[N-])(COCCOCC(=O)OCCCN=[N+]=[N-])COCCOCC(=O)OCCCN=[N+]=[N-]. The van der Waals surface area contributed by atoms with E-state index < -0.39 is 29.3 Å². The lowest BCUT2D eigenvalue weighted by molar-refractivity contribution is -0.150. The summed E-state index contributed by atoms with van der Waals surface area (Å²) in [5.41, 5.74) is 32.3. The summed E-state index contributed by atoms with van der Waals surface area (Å²) in [6.45, 7) is -0.0527. The van der Waals surface area contributed by atoms with E-state index in [1.807, 2.05) is 0 Å². The van der Waals surface area contributed by atoms with E-state index in [0.29, 0.717) is 25.7 Å². The molecule has 0 aromatic carbocycles. The van der Waals surface area contributed by atoms with Gasteiger partial charge in [-0.15, -0.1) is 0 Å². The summed E-state index contributed by atoms with van der Waals surface area (Å²) < 4.78 is 65.0. The molecule has 0 saturated carbocycles. The van der Waals surface area contributed by atoms with Gasteiger partial charge in [-0.3, -0.25) is 0 Å². The molecule has 0 spiro atoms. The van der Waals surface area contributed by atoms with Crippen LogP contribution in [0, 0.1) is 5.41 Å². The summed E-state index contributed by atoms with van der Waals surface area (Å²) in [6.07, 6.45) is 1.47. The van der Waals surface area contributed by atoms with Crippen molar-refractivity contribution < 1.29 is 76.0 Å². The number of hydrogen-bond donors (Lipinski definition) is 0. The number of hydrogen-bond acceptors (Lipinski definition) is 20. The maximum absolute atomic E-state index is 11.9. The van der Waals surface area contributed by atoms with Crippen molar-refractivity contribution in [2.45, 2.75) is 25.7 Å². The van der Waals surface area contributed by atoms with E-state index >= 15 is 0 Å². The highest BCUT2D eigenvalue weighted by Crippen LogP contribution is 2.21. The molecule has 61 heavy (non-hydrogen) atoms. The molecular weight excluding hydrogens is 820 g/mol. The zero-order valence-corrected chi connectivity index (χ0v) is 34.2. The van der Waals surface area contributed by atoms with E-state index in [4.69, 9.17) is 79.0 Å². The lowest BCUT2D eigenvalue weighted by atomic mass is 9.92. The normalized spacial score (nSPS) is 11.4. The van der Waals surface area contributed by atoms with Gasteiger partial charge < -0.3 is 56.8 Å². The Morgan fingerprint density at radius 3 is 0.770 bits per heavy atom. The predicted octanol–water partition coefficient (Wildman–Crippen LogP) is 3.08. The fourth-order valence-electron chi connectivity index (χ4n) is 4.13. The van der Waals surface area contributed by atoms with Gasteiger partial charge in [-0.05, 0) is 47.8 Å². The summed E-state index contributed by atoms with van der Waals surface area (Å²) >= 11 is 0. The first-order chi connectivity index (χ1) is 29.8. The maximum Gasteiger partial charge on any atom is 0.332 e. The fourth-order valence-corrected chi connectivity index (χ4v) is 4.13. The third-order valence-corrected chi connectivity index (χ3v) is 6.92. The van der Waals surface area contributed by atoms with Gasteiger partial charge in [-0.25, -0.2) is 19.2 Å². The van der Waals surface area contributed by atoms with Crippen LogP contribution in [0.2, 0.25) is 0 Å². The van der Waals surface area contributed by atoms with E-state index in [1.165, 1.54) is 0 Å². The van der Waals surface area contributed by atoms with Crippen LogP contribution < -0.4 is 0 Å².